The quantitative estimate of drug-likeness (QED) is 0.160. The van der Waals surface area contributed by atoms with E-state index in [9.17, 15) is 0 Å². The van der Waals surface area contributed by atoms with Gasteiger partial charge in [-0.2, -0.15) is 0 Å². The average molecular weight is 1320 g/mol. The van der Waals surface area contributed by atoms with Crippen LogP contribution in [0.5, 0.6) is 0 Å². The Hall–Kier alpha value is -12.2. The standard InChI is InChI=1S/C47H33N3.C31H23ClN2.C17H12/c1-47(2)40-23-13-11-22-38(40)44-45(47)49-46(50-41-24-14-12-21-37(41)39-28-32-19-9-10-20-33(32)29-42(39)50)43(48-44)36-26-34(30-15-5-3-6-16-30)25-35(27-36)31-17-7-4-8-18-31;1-31(2)26-16-10-9-15-25(26)28-29(31)34-30(32)27(33-28)24-18-22(20-11-5-3-6-12-20)17-23(19-24)21-13-7-4-8-14-21;1-2-6-13-11-17-15(9-12(13)5-1)10-14-7-3-4-8-16(14)17/h3-29H,1-2H3;3-19H,1-2H3;1-9,11H,10H2. The fourth-order valence-corrected chi connectivity index (χ4v) is 16.0. The fourth-order valence-electron chi connectivity index (χ4n) is 15.8. The first-order chi connectivity index (χ1) is 49.5. The van der Waals surface area contributed by atoms with Gasteiger partial charge in [0, 0.05) is 43.9 Å². The molecule has 0 saturated carbocycles. The maximum absolute atomic E-state index is 6.84. The molecule has 0 amide bonds. The van der Waals surface area contributed by atoms with Gasteiger partial charge in [-0.05, 0) is 167 Å². The minimum Gasteiger partial charge on any atom is -0.292 e. The molecule has 6 heteroatoms. The summed E-state index contributed by atoms with van der Waals surface area (Å²) in [7, 11) is 0. The van der Waals surface area contributed by atoms with Crippen molar-refractivity contribution < 1.29 is 0 Å². The molecule has 3 aliphatic rings. The third-order valence-corrected chi connectivity index (χ3v) is 21.1. The molecule has 20 rings (SSSR count). The normalized spacial score (nSPS) is 13.1. The lowest BCUT2D eigenvalue weighted by atomic mass is 9.85. The molecule has 0 spiro atoms. The van der Waals surface area contributed by atoms with E-state index in [1.165, 1.54) is 65.7 Å². The van der Waals surface area contributed by atoms with Crippen LogP contribution in [0.4, 0.5) is 0 Å². The Morgan fingerprint density at radius 3 is 1.21 bits per heavy atom. The van der Waals surface area contributed by atoms with E-state index in [0.717, 1.165) is 119 Å². The van der Waals surface area contributed by atoms with Gasteiger partial charge >= 0.3 is 0 Å². The first-order valence-electron chi connectivity index (χ1n) is 34.7. The van der Waals surface area contributed by atoms with Crippen molar-refractivity contribution in [2.24, 2.45) is 0 Å². The van der Waals surface area contributed by atoms with E-state index in [1.807, 2.05) is 12.1 Å². The number of benzene rings is 14. The van der Waals surface area contributed by atoms with Crippen molar-refractivity contribution in [2.75, 3.05) is 0 Å². The molecular formula is C95H68ClN5. The van der Waals surface area contributed by atoms with Crippen molar-refractivity contribution in [3.63, 3.8) is 0 Å². The van der Waals surface area contributed by atoms with Gasteiger partial charge in [-0.3, -0.25) is 4.57 Å². The minimum atomic E-state index is -0.307. The number of aromatic nitrogens is 5. The molecule has 5 nitrogen and oxygen atoms in total. The van der Waals surface area contributed by atoms with Gasteiger partial charge in [-0.25, -0.2) is 19.9 Å². The fraction of sp³-hybridized carbons (Fsp3) is 0.0737. The third kappa shape index (κ3) is 10.7. The van der Waals surface area contributed by atoms with E-state index >= 15 is 0 Å². The van der Waals surface area contributed by atoms with E-state index in [-0.39, 0.29) is 10.8 Å². The molecule has 14 aromatic carbocycles. The lowest BCUT2D eigenvalue weighted by molar-refractivity contribution is 0.633. The largest absolute Gasteiger partial charge is 0.292 e. The molecule has 101 heavy (non-hydrogen) atoms. The Bertz CT molecular complexity index is 6000. The molecule has 0 unspecified atom stereocenters. The van der Waals surface area contributed by atoms with Crippen molar-refractivity contribution in [1.82, 2.24) is 24.5 Å². The van der Waals surface area contributed by atoms with Crippen LogP contribution in [0, 0.1) is 0 Å². The molecule has 0 radical (unpaired) electrons. The summed E-state index contributed by atoms with van der Waals surface area (Å²) in [5.74, 6) is 0.843. The monoisotopic (exact) mass is 1310 g/mol. The lowest BCUT2D eigenvalue weighted by Gasteiger charge is -2.22. The number of fused-ring (bicyclic) bond motifs is 14. The van der Waals surface area contributed by atoms with Gasteiger partial charge in [0.05, 0.1) is 33.8 Å². The molecule has 0 atom stereocenters. The molecule has 3 aromatic heterocycles. The Balaban J connectivity index is 0.000000123. The molecule has 0 aliphatic heterocycles. The maximum Gasteiger partial charge on any atom is 0.164 e. The summed E-state index contributed by atoms with van der Waals surface area (Å²) in [4.78, 5) is 21.4. The Morgan fingerprint density at radius 1 is 0.277 bits per heavy atom. The zero-order valence-electron chi connectivity index (χ0n) is 56.5. The Labute approximate surface area is 593 Å². The summed E-state index contributed by atoms with van der Waals surface area (Å²) in [5, 5.41) is 7.95. The number of halogens is 1. The molecule has 0 fully saturated rings. The molecule has 0 bridgehead atoms. The van der Waals surface area contributed by atoms with Crippen molar-refractivity contribution in [2.45, 2.75) is 44.9 Å². The van der Waals surface area contributed by atoms with Crippen LogP contribution in [0.1, 0.15) is 61.3 Å². The summed E-state index contributed by atoms with van der Waals surface area (Å²) in [5.41, 5.74) is 28.8. The van der Waals surface area contributed by atoms with Crippen molar-refractivity contribution >= 4 is 55.0 Å². The first-order valence-corrected chi connectivity index (χ1v) is 35.1. The highest BCUT2D eigenvalue weighted by molar-refractivity contribution is 6.32. The van der Waals surface area contributed by atoms with E-state index in [4.69, 9.17) is 31.5 Å². The second-order valence-corrected chi connectivity index (χ2v) is 28.2. The van der Waals surface area contributed by atoms with Crippen molar-refractivity contribution in [1.29, 1.82) is 0 Å². The van der Waals surface area contributed by atoms with Crippen LogP contribution in [0.3, 0.4) is 0 Å². The highest BCUT2D eigenvalue weighted by Gasteiger charge is 2.41. The Morgan fingerprint density at radius 2 is 0.673 bits per heavy atom. The molecule has 480 valence electrons. The Kier molecular flexibility index (Phi) is 15.0. The van der Waals surface area contributed by atoms with Gasteiger partial charge < -0.3 is 0 Å². The number of hydrogen-bond donors (Lipinski definition) is 0. The molecule has 3 aliphatic carbocycles. The van der Waals surface area contributed by atoms with Crippen LogP contribution in [0.25, 0.3) is 150 Å². The maximum atomic E-state index is 6.84. The van der Waals surface area contributed by atoms with Crippen LogP contribution < -0.4 is 0 Å². The van der Waals surface area contributed by atoms with Gasteiger partial charge in [-0.1, -0.05) is 306 Å². The van der Waals surface area contributed by atoms with Gasteiger partial charge in [0.2, 0.25) is 0 Å². The van der Waals surface area contributed by atoms with Gasteiger partial charge in [0.25, 0.3) is 0 Å². The zero-order chi connectivity index (χ0) is 67.9. The highest BCUT2D eigenvalue weighted by atomic mass is 35.5. The molecule has 3 heterocycles. The zero-order valence-corrected chi connectivity index (χ0v) is 57.3. The second kappa shape index (κ2) is 24.7. The molecule has 17 aromatic rings. The summed E-state index contributed by atoms with van der Waals surface area (Å²) in [6, 6.07) is 117. The van der Waals surface area contributed by atoms with Gasteiger partial charge in [-0.15, -0.1) is 0 Å². The summed E-state index contributed by atoms with van der Waals surface area (Å²) >= 11 is 6.84. The van der Waals surface area contributed by atoms with E-state index < -0.39 is 0 Å². The van der Waals surface area contributed by atoms with E-state index in [2.05, 4.69) is 348 Å². The van der Waals surface area contributed by atoms with Crippen molar-refractivity contribution in [3.8, 4) is 106 Å². The van der Waals surface area contributed by atoms with Crippen LogP contribution in [-0.2, 0) is 17.3 Å². The first kappa shape index (κ1) is 61.2. The predicted octanol–water partition coefficient (Wildman–Crippen LogP) is 24.9. The van der Waals surface area contributed by atoms with Gasteiger partial charge in [0.15, 0.2) is 11.0 Å². The van der Waals surface area contributed by atoms with E-state index in [1.54, 1.807) is 0 Å². The lowest BCUT2D eigenvalue weighted by Crippen LogP contribution is -2.18. The topological polar surface area (TPSA) is 56.5 Å². The average Bonchev–Trinajstić information content (AvgIpc) is 1.57. The number of para-hydroxylation sites is 1. The second-order valence-electron chi connectivity index (χ2n) is 27.8. The molecule has 0 N–H and O–H groups in total. The predicted molar refractivity (Wildman–Crippen MR) is 421 cm³/mol. The number of nitrogens with zero attached hydrogens (tertiary/aromatic N) is 5. The van der Waals surface area contributed by atoms with Crippen LogP contribution in [-0.4, -0.2) is 24.5 Å². The van der Waals surface area contributed by atoms with Crippen LogP contribution >= 0.6 is 11.6 Å². The van der Waals surface area contributed by atoms with E-state index in [0.29, 0.717) is 10.8 Å². The number of hydrogen-bond acceptors (Lipinski definition) is 4. The third-order valence-electron chi connectivity index (χ3n) is 20.9. The number of rotatable bonds is 7. The van der Waals surface area contributed by atoms with Crippen molar-refractivity contribution in [3.05, 3.63) is 366 Å². The smallest absolute Gasteiger partial charge is 0.164 e. The summed E-state index contributed by atoms with van der Waals surface area (Å²) in [6.07, 6.45) is 1.08. The molecular weight excluding hydrogens is 1250 g/mol. The molecule has 0 saturated heterocycles. The van der Waals surface area contributed by atoms with Gasteiger partial charge in [0.1, 0.15) is 11.4 Å². The van der Waals surface area contributed by atoms with Crippen LogP contribution in [0.2, 0.25) is 5.15 Å². The minimum absolute atomic E-state index is 0.234. The highest BCUT2D eigenvalue weighted by Crippen LogP contribution is 2.51. The summed E-state index contributed by atoms with van der Waals surface area (Å²) < 4.78 is 2.36. The SMILES string of the molecule is CC1(C)c2ccccc2-c2nc(-c3cc(-c4ccccc4)cc(-c4ccccc4)c3)c(-n3c4ccccc4c4cc5ccccc5cc43)nc21.CC1(C)c2ccccc2-c2nc(-c3cc(-c4ccccc4)cc(-c4ccccc4)c3)c(Cl)nc21.c1ccc2c(c1)Cc1cc3ccccc3cc1-2. The van der Waals surface area contributed by atoms with Crippen LogP contribution in [0.15, 0.2) is 328 Å². The summed E-state index contributed by atoms with van der Waals surface area (Å²) in [6.45, 7) is 8.93.